The number of phenols is 1. The lowest BCUT2D eigenvalue weighted by atomic mass is 10.1. The molecule has 0 fully saturated rings. The van der Waals surface area contributed by atoms with E-state index in [2.05, 4.69) is 14.4 Å². The second-order valence-corrected chi connectivity index (χ2v) is 3.48. The summed E-state index contributed by atoms with van der Waals surface area (Å²) in [7, 11) is 1.15. The molecule has 2 aromatic rings. The number of methoxy groups -OCH3 is 1. The quantitative estimate of drug-likeness (QED) is 0.887. The molecule has 0 aliphatic rings. The monoisotopic (exact) mass is 271 g/mol. The Morgan fingerprint density at radius 2 is 2.11 bits per heavy atom. The van der Waals surface area contributed by atoms with Gasteiger partial charge in [0.05, 0.1) is 12.7 Å². The first-order valence-corrected chi connectivity index (χ1v) is 4.91. The highest BCUT2D eigenvalue weighted by atomic mass is 19.2. The maximum absolute atomic E-state index is 13.7. The van der Waals surface area contributed by atoms with Gasteiger partial charge in [-0.1, -0.05) is 5.16 Å². The Bertz CT molecular complexity index is 653. The van der Waals surface area contributed by atoms with Crippen molar-refractivity contribution in [3.8, 4) is 22.8 Å². The van der Waals surface area contributed by atoms with Crippen LogP contribution in [0.25, 0.3) is 11.3 Å². The first kappa shape index (κ1) is 12.8. The number of carbonyl (C=O) groups is 1. The minimum atomic E-state index is -1.43. The summed E-state index contributed by atoms with van der Waals surface area (Å²) >= 11 is 0. The number of carboxylic acid groups (broad SMARTS) is 1. The normalized spacial score (nSPS) is 10.5. The van der Waals surface area contributed by atoms with Gasteiger partial charge in [-0.05, 0) is 0 Å². The highest BCUT2D eigenvalue weighted by Gasteiger charge is 2.24. The van der Waals surface area contributed by atoms with Crippen LogP contribution in [0, 0.1) is 11.6 Å². The van der Waals surface area contributed by atoms with Crippen LogP contribution in [0.2, 0.25) is 0 Å². The molecule has 0 aliphatic carbocycles. The van der Waals surface area contributed by atoms with Crippen molar-refractivity contribution in [2.24, 2.45) is 0 Å². The Hall–Kier alpha value is -2.64. The van der Waals surface area contributed by atoms with Gasteiger partial charge in [-0.15, -0.1) is 0 Å². The van der Waals surface area contributed by atoms with Crippen molar-refractivity contribution >= 4 is 5.97 Å². The molecule has 0 saturated heterocycles. The van der Waals surface area contributed by atoms with E-state index in [1.165, 1.54) is 0 Å². The molecule has 19 heavy (non-hydrogen) atoms. The molecule has 1 aromatic heterocycles. The molecule has 6 nitrogen and oxygen atoms in total. The number of rotatable bonds is 3. The molecule has 0 radical (unpaired) electrons. The van der Waals surface area contributed by atoms with Crippen molar-refractivity contribution in [3.05, 3.63) is 29.5 Å². The third kappa shape index (κ3) is 2.07. The zero-order valence-corrected chi connectivity index (χ0v) is 9.48. The molecule has 0 spiro atoms. The molecule has 0 bridgehead atoms. The van der Waals surface area contributed by atoms with Crippen molar-refractivity contribution in [1.82, 2.24) is 5.16 Å². The zero-order chi connectivity index (χ0) is 14.2. The Balaban J connectivity index is 2.66. The molecular formula is C11H7F2NO5. The number of phenolic OH excluding ortho intramolecular Hbond substituents is 1. The molecule has 2 N–H and O–H groups in total. The second-order valence-electron chi connectivity index (χ2n) is 3.48. The molecule has 8 heteroatoms. The van der Waals surface area contributed by atoms with Gasteiger partial charge in [-0.2, -0.15) is 0 Å². The fourth-order valence-electron chi connectivity index (χ4n) is 1.48. The minimum Gasteiger partial charge on any atom is -0.504 e. The number of hydrogen-bond acceptors (Lipinski definition) is 5. The van der Waals surface area contributed by atoms with Crippen molar-refractivity contribution in [1.29, 1.82) is 0 Å². The highest BCUT2D eigenvalue weighted by Crippen LogP contribution is 2.40. The van der Waals surface area contributed by atoms with Gasteiger partial charge in [0.15, 0.2) is 23.1 Å². The number of halogens is 2. The van der Waals surface area contributed by atoms with E-state index >= 15 is 0 Å². The summed E-state index contributed by atoms with van der Waals surface area (Å²) in [6.07, 6.45) is 0. The lowest BCUT2D eigenvalue weighted by molar-refractivity contribution is 0.0652. The van der Waals surface area contributed by atoms with Crippen molar-refractivity contribution in [2.75, 3.05) is 7.11 Å². The van der Waals surface area contributed by atoms with Crippen molar-refractivity contribution < 1.29 is 33.0 Å². The Labute approximate surface area is 104 Å². The number of nitrogens with zero attached hydrogens (tertiary/aromatic N) is 1. The third-order valence-corrected chi connectivity index (χ3v) is 2.35. The van der Waals surface area contributed by atoms with E-state index in [1.54, 1.807) is 0 Å². The molecule has 0 aliphatic heterocycles. The second kappa shape index (κ2) is 4.56. The third-order valence-electron chi connectivity index (χ3n) is 2.35. The van der Waals surface area contributed by atoms with Crippen LogP contribution in [-0.4, -0.2) is 28.4 Å². The van der Waals surface area contributed by atoms with Crippen molar-refractivity contribution in [3.63, 3.8) is 0 Å². The van der Waals surface area contributed by atoms with E-state index in [1.807, 2.05) is 0 Å². The predicted molar refractivity (Wildman–Crippen MR) is 57.0 cm³/mol. The summed E-state index contributed by atoms with van der Waals surface area (Å²) in [6, 6.07) is 1.52. The standard InChI is InChI=1S/C11H7F2NO5/c1-18-6-2-4(12)9(13)8(10(6)15)5-3-7(11(16)17)19-14-5/h2-3,15H,1H3,(H,16,17). The topological polar surface area (TPSA) is 92.8 Å². The van der Waals surface area contributed by atoms with Gasteiger partial charge in [0, 0.05) is 12.1 Å². The Morgan fingerprint density at radius 3 is 2.63 bits per heavy atom. The average molecular weight is 271 g/mol. The average Bonchev–Trinajstić information content (AvgIpc) is 2.83. The minimum absolute atomic E-state index is 0.311. The van der Waals surface area contributed by atoms with Gasteiger partial charge in [0.2, 0.25) is 5.76 Å². The molecule has 0 amide bonds. The van der Waals surface area contributed by atoms with E-state index in [0.29, 0.717) is 6.07 Å². The van der Waals surface area contributed by atoms with Crippen LogP contribution >= 0.6 is 0 Å². The zero-order valence-electron chi connectivity index (χ0n) is 9.48. The lowest BCUT2D eigenvalue weighted by Gasteiger charge is -2.08. The lowest BCUT2D eigenvalue weighted by Crippen LogP contribution is -1.95. The number of ether oxygens (including phenoxy) is 1. The fourth-order valence-corrected chi connectivity index (χ4v) is 1.48. The van der Waals surface area contributed by atoms with E-state index in [-0.39, 0.29) is 11.4 Å². The summed E-state index contributed by atoms with van der Waals surface area (Å²) in [6.45, 7) is 0. The van der Waals surface area contributed by atoms with Crippen LogP contribution in [0.15, 0.2) is 16.7 Å². The number of hydrogen-bond donors (Lipinski definition) is 2. The van der Waals surface area contributed by atoms with Crippen LogP contribution in [0.1, 0.15) is 10.6 Å². The Morgan fingerprint density at radius 1 is 1.42 bits per heavy atom. The van der Waals surface area contributed by atoms with Gasteiger partial charge in [-0.3, -0.25) is 0 Å². The summed E-state index contributed by atoms with van der Waals surface area (Å²) in [5.41, 5.74) is -0.988. The molecule has 0 unspecified atom stereocenters. The summed E-state index contributed by atoms with van der Waals surface area (Å²) < 4.78 is 36.1. The number of aromatic nitrogens is 1. The smallest absolute Gasteiger partial charge is 0.374 e. The summed E-state index contributed by atoms with van der Waals surface area (Å²) in [5.74, 6) is -5.67. The molecule has 0 saturated carbocycles. The number of carboxylic acids is 1. The first-order valence-electron chi connectivity index (χ1n) is 4.91. The predicted octanol–water partition coefficient (Wildman–Crippen LogP) is 2.03. The van der Waals surface area contributed by atoms with Gasteiger partial charge >= 0.3 is 5.97 Å². The molecule has 1 aromatic carbocycles. The molecule has 1 heterocycles. The molecular weight excluding hydrogens is 264 g/mol. The van der Waals surface area contributed by atoms with Gasteiger partial charge in [0.25, 0.3) is 0 Å². The summed E-state index contributed by atoms with van der Waals surface area (Å²) in [5, 5.41) is 21.7. The largest absolute Gasteiger partial charge is 0.504 e. The highest BCUT2D eigenvalue weighted by molar-refractivity contribution is 5.86. The van der Waals surface area contributed by atoms with E-state index in [9.17, 15) is 18.7 Å². The van der Waals surface area contributed by atoms with Crippen LogP contribution < -0.4 is 4.74 Å². The maximum atomic E-state index is 13.7. The SMILES string of the molecule is COc1cc(F)c(F)c(-c2cc(C(=O)O)on2)c1O. The van der Waals surface area contributed by atoms with Gasteiger partial charge in [0.1, 0.15) is 5.69 Å². The maximum Gasteiger partial charge on any atom is 0.374 e. The molecule has 100 valence electrons. The van der Waals surface area contributed by atoms with E-state index < -0.39 is 34.7 Å². The van der Waals surface area contributed by atoms with Gasteiger partial charge in [-0.25, -0.2) is 13.6 Å². The number of aromatic carboxylic acids is 1. The van der Waals surface area contributed by atoms with E-state index in [0.717, 1.165) is 13.2 Å². The Kier molecular flexibility index (Phi) is 3.07. The number of aromatic hydroxyl groups is 1. The van der Waals surface area contributed by atoms with Crippen LogP contribution in [-0.2, 0) is 0 Å². The number of benzene rings is 1. The van der Waals surface area contributed by atoms with Crippen LogP contribution in [0.5, 0.6) is 11.5 Å². The van der Waals surface area contributed by atoms with Gasteiger partial charge < -0.3 is 19.5 Å². The molecule has 2 rings (SSSR count). The molecule has 0 atom stereocenters. The summed E-state index contributed by atoms with van der Waals surface area (Å²) in [4.78, 5) is 10.6. The first-order chi connectivity index (χ1) is 8.95. The van der Waals surface area contributed by atoms with Crippen LogP contribution in [0.3, 0.4) is 0 Å². The van der Waals surface area contributed by atoms with E-state index in [4.69, 9.17) is 5.11 Å². The van der Waals surface area contributed by atoms with Crippen molar-refractivity contribution in [2.45, 2.75) is 0 Å². The van der Waals surface area contributed by atoms with Crippen LogP contribution in [0.4, 0.5) is 8.78 Å². The fraction of sp³-hybridized carbons (Fsp3) is 0.0909.